The zero-order chi connectivity index (χ0) is 33.2. The van der Waals surface area contributed by atoms with Gasteiger partial charge in [0.25, 0.3) is 0 Å². The largest absolute Gasteiger partial charge is 0.460 e. The summed E-state index contributed by atoms with van der Waals surface area (Å²) in [6, 6.07) is 21.1. The molecule has 6 rings (SSSR count). The highest BCUT2D eigenvalue weighted by atomic mass is 31.2. The minimum absolute atomic E-state index is 0.0493. The number of hydrogen-bond donors (Lipinski definition) is 3. The number of nitrogens with one attached hydrogen (secondary N) is 2. The second kappa shape index (κ2) is 13.7. The topological polar surface area (TPSA) is 149 Å². The highest BCUT2D eigenvalue weighted by Gasteiger charge is 2.59. The summed E-state index contributed by atoms with van der Waals surface area (Å²) in [6.07, 6.45) is 3.34. The third-order valence-corrected chi connectivity index (χ3v) is 9.72. The molecule has 248 valence electrons. The highest BCUT2D eigenvalue weighted by Crippen LogP contribution is 2.48. The average molecular weight is 665 g/mol. The third kappa shape index (κ3) is 7.66. The number of primary amides is 1. The number of ether oxygens (including phenoxy) is 4. The minimum atomic E-state index is -4.27. The van der Waals surface area contributed by atoms with Crippen molar-refractivity contribution >= 4 is 30.4 Å². The van der Waals surface area contributed by atoms with Gasteiger partial charge in [0, 0.05) is 11.8 Å². The van der Waals surface area contributed by atoms with Crippen LogP contribution >= 0.6 is 7.75 Å². The van der Waals surface area contributed by atoms with Crippen molar-refractivity contribution in [3.05, 3.63) is 102 Å². The molecule has 47 heavy (non-hydrogen) atoms. The molecule has 12 nitrogen and oxygen atoms in total. The molecule has 3 aliphatic rings. The molecule has 2 fully saturated rings. The first kappa shape index (κ1) is 33.0. The first-order chi connectivity index (χ1) is 22.5. The molecule has 0 spiro atoms. The van der Waals surface area contributed by atoms with Crippen LogP contribution in [0.2, 0.25) is 0 Å². The van der Waals surface area contributed by atoms with Crippen molar-refractivity contribution in [2.24, 2.45) is 5.73 Å². The van der Waals surface area contributed by atoms with Crippen LogP contribution in [-0.2, 0) is 44.2 Å². The van der Waals surface area contributed by atoms with Gasteiger partial charge < -0.3 is 29.2 Å². The maximum absolute atomic E-state index is 14.5. The lowest BCUT2D eigenvalue weighted by molar-refractivity contribution is -0.853. The van der Waals surface area contributed by atoms with Crippen molar-refractivity contribution in [3.8, 4) is 5.75 Å². The Morgan fingerprint density at radius 2 is 1.77 bits per heavy atom. The van der Waals surface area contributed by atoms with Gasteiger partial charge in [-0.25, -0.2) is 4.57 Å². The molecule has 0 radical (unpaired) electrons. The van der Waals surface area contributed by atoms with Crippen molar-refractivity contribution in [2.45, 2.75) is 70.2 Å². The molecule has 3 aromatic rings. The number of allylic oxidation sites excluding steroid dienone is 1. The number of carbonyl (C=O) groups excluding carboxylic acids is 2. The van der Waals surface area contributed by atoms with E-state index in [0.717, 1.165) is 10.9 Å². The Morgan fingerprint density at radius 3 is 2.55 bits per heavy atom. The summed E-state index contributed by atoms with van der Waals surface area (Å²) in [4.78, 5) is 25.6. The van der Waals surface area contributed by atoms with Gasteiger partial charge in [0.2, 0.25) is 12.1 Å². The summed E-state index contributed by atoms with van der Waals surface area (Å²) in [5.74, 6) is -1.77. The lowest BCUT2D eigenvalue weighted by Gasteiger charge is -2.28. The lowest BCUT2D eigenvalue weighted by atomic mass is 10.1. The fraction of sp³-hybridized carbons (Fsp3) is 0.353. The molecule has 1 amide bonds. The van der Waals surface area contributed by atoms with Crippen LogP contribution in [0.4, 0.5) is 0 Å². The number of esters is 1. The third-order valence-electron chi connectivity index (χ3n) is 8.09. The Balaban J connectivity index is 1.22. The second-order valence-corrected chi connectivity index (χ2v) is 13.8. The maximum Gasteiger partial charge on any atom is 0.459 e. The Bertz CT molecular complexity index is 1720. The summed E-state index contributed by atoms with van der Waals surface area (Å²) in [7, 11) is -4.27. The van der Waals surface area contributed by atoms with E-state index in [4.69, 9.17) is 33.7 Å². The molecular formula is C34H39N3O9P+. The van der Waals surface area contributed by atoms with E-state index in [1.165, 1.54) is 6.92 Å². The van der Waals surface area contributed by atoms with Crippen LogP contribution in [0.5, 0.6) is 5.75 Å². The summed E-state index contributed by atoms with van der Waals surface area (Å²) >= 11 is 0. The molecule has 4 N–H and O–H groups in total. The molecule has 13 heteroatoms. The molecule has 3 aliphatic heterocycles. The number of amides is 1. The molecular weight excluding hydrogens is 625 g/mol. The normalized spacial score (nSPS) is 26.6. The Kier molecular flexibility index (Phi) is 9.63. The van der Waals surface area contributed by atoms with Gasteiger partial charge in [-0.1, -0.05) is 66.7 Å². The fourth-order valence-corrected chi connectivity index (χ4v) is 7.39. The van der Waals surface area contributed by atoms with E-state index in [1.54, 1.807) is 32.2 Å². The van der Waals surface area contributed by atoms with E-state index < -0.39 is 56.0 Å². The smallest absolute Gasteiger partial charge is 0.459 e. The van der Waals surface area contributed by atoms with Gasteiger partial charge in [0.05, 0.1) is 18.4 Å². The van der Waals surface area contributed by atoms with Crippen LogP contribution in [-0.4, -0.2) is 54.9 Å². The molecule has 0 aliphatic carbocycles. The fourth-order valence-electron chi connectivity index (χ4n) is 5.87. The van der Waals surface area contributed by atoms with E-state index in [-0.39, 0.29) is 13.2 Å². The molecule has 0 saturated carbocycles. The van der Waals surface area contributed by atoms with E-state index in [0.29, 0.717) is 28.0 Å². The number of hydrogen-bond acceptors (Lipinski definition) is 9. The molecule has 7 atom stereocenters. The van der Waals surface area contributed by atoms with Gasteiger partial charge in [-0.05, 0) is 43.9 Å². The van der Waals surface area contributed by atoms with Crippen molar-refractivity contribution in [1.82, 2.24) is 5.09 Å². The Hall–Kier alpha value is -3.87. The van der Waals surface area contributed by atoms with Crippen molar-refractivity contribution in [3.63, 3.8) is 0 Å². The molecule has 0 bridgehead atoms. The molecule has 4 unspecified atom stereocenters. The lowest BCUT2D eigenvalue weighted by Crippen LogP contribution is -3.09. The van der Waals surface area contributed by atoms with Crippen LogP contribution in [0.3, 0.4) is 0 Å². The quantitative estimate of drug-likeness (QED) is 0.194. The van der Waals surface area contributed by atoms with Crippen molar-refractivity contribution in [1.29, 1.82) is 0 Å². The van der Waals surface area contributed by atoms with Crippen LogP contribution < -0.4 is 20.2 Å². The van der Waals surface area contributed by atoms with E-state index in [1.807, 2.05) is 72.9 Å². The number of fused-ring (bicyclic) bond motifs is 2. The molecule has 0 aromatic heterocycles. The van der Waals surface area contributed by atoms with E-state index in [2.05, 4.69) is 5.09 Å². The monoisotopic (exact) mass is 664 g/mol. The van der Waals surface area contributed by atoms with Gasteiger partial charge in [-0.15, -0.1) is 0 Å². The second-order valence-electron chi connectivity index (χ2n) is 12.1. The number of quaternary nitrogens is 1. The minimum Gasteiger partial charge on any atom is -0.460 e. The highest BCUT2D eigenvalue weighted by molar-refractivity contribution is 7.52. The summed E-state index contributed by atoms with van der Waals surface area (Å²) < 4.78 is 51.0. The van der Waals surface area contributed by atoms with Crippen LogP contribution in [0.1, 0.15) is 32.8 Å². The number of benzene rings is 3. The zero-order valence-corrected chi connectivity index (χ0v) is 27.3. The van der Waals surface area contributed by atoms with Gasteiger partial charge in [-0.3, -0.25) is 19.0 Å². The first-order valence-corrected chi connectivity index (χ1v) is 17.0. The standard InChI is InChI=1S/C34H38N3O9P/c1-22(33(39)41-20-23-11-5-4-6-12-23)36-47(40,46-27-17-9-14-24-13-7-8-16-26(24)27)42-21-28-29-30(45-34(2,3)44-29)32(43-28)37-18-10-15-25(19-37)31(35)38/h4-14,16-19,22,28-30,32H,15,20-21H2,1-3H3,(H2,35,38)(H,36,40)/p+1/t22?,28?,29-,30-,32-,47?/m1/s1. The van der Waals surface area contributed by atoms with Crippen molar-refractivity contribution in [2.75, 3.05) is 6.61 Å². The van der Waals surface area contributed by atoms with Crippen LogP contribution in [0.25, 0.3) is 10.8 Å². The Labute approximate surface area is 273 Å². The summed E-state index contributed by atoms with van der Waals surface area (Å²) in [5, 5.41) is 4.35. The predicted molar refractivity (Wildman–Crippen MR) is 171 cm³/mol. The van der Waals surface area contributed by atoms with Crippen molar-refractivity contribution < 1.29 is 47.0 Å². The summed E-state index contributed by atoms with van der Waals surface area (Å²) in [6.45, 7) is 4.93. The van der Waals surface area contributed by atoms with Gasteiger partial charge >= 0.3 is 13.7 Å². The molecule has 3 aromatic carbocycles. The molecule has 3 heterocycles. The summed E-state index contributed by atoms with van der Waals surface area (Å²) in [5.41, 5.74) is 6.81. The maximum atomic E-state index is 14.5. The average Bonchev–Trinajstić information content (AvgIpc) is 3.56. The predicted octanol–water partition coefficient (Wildman–Crippen LogP) is 3.48. The van der Waals surface area contributed by atoms with E-state index in [9.17, 15) is 14.2 Å². The van der Waals surface area contributed by atoms with Gasteiger partial charge in [0.15, 0.2) is 11.9 Å². The molecule has 2 saturated heterocycles. The van der Waals surface area contributed by atoms with Gasteiger partial charge in [-0.2, -0.15) is 5.09 Å². The Morgan fingerprint density at radius 1 is 1.04 bits per heavy atom. The first-order valence-electron chi connectivity index (χ1n) is 15.5. The number of nitrogens with two attached hydrogens (primary N) is 1. The zero-order valence-electron chi connectivity index (χ0n) is 26.4. The number of carbonyl (C=O) groups is 2. The SMILES string of the molecule is CC(NP(=O)(OCC1O[C@@H]([NH+]2C=CCC(C(N)=O)=C2)[C@@H]2OC(C)(C)O[C@H]12)Oc1cccc2ccccc12)C(=O)OCc1ccccc1. The van der Waals surface area contributed by atoms with Crippen LogP contribution in [0, 0.1) is 0 Å². The number of rotatable bonds is 12. The van der Waals surface area contributed by atoms with Crippen LogP contribution in [0.15, 0.2) is 96.8 Å². The van der Waals surface area contributed by atoms with Gasteiger partial charge in [0.1, 0.15) is 36.8 Å². The van der Waals surface area contributed by atoms with E-state index >= 15 is 0 Å².